The minimum Gasteiger partial charge on any atom is -0.443 e. The van der Waals surface area contributed by atoms with Crippen molar-refractivity contribution in [3.05, 3.63) is 71.5 Å². The normalized spacial score (nSPS) is 13.7. The van der Waals surface area contributed by atoms with E-state index in [1.807, 2.05) is 0 Å². The van der Waals surface area contributed by atoms with Crippen LogP contribution in [0.3, 0.4) is 0 Å². The number of fused-ring (bicyclic) bond motifs is 2. The number of carbonyl (C=O) groups excluding carboxylic acids is 1. The summed E-state index contributed by atoms with van der Waals surface area (Å²) >= 11 is 0. The predicted molar refractivity (Wildman–Crippen MR) is 94.4 cm³/mol. The van der Waals surface area contributed by atoms with Gasteiger partial charge in [0.2, 0.25) is 0 Å². The zero-order valence-electron chi connectivity index (χ0n) is 14.2. The van der Waals surface area contributed by atoms with Crippen molar-refractivity contribution in [1.29, 1.82) is 0 Å². The minimum atomic E-state index is -0.298. The Balaban J connectivity index is 1.41. The van der Waals surface area contributed by atoms with E-state index in [2.05, 4.69) is 10.1 Å². The predicted octanol–water partition coefficient (Wildman–Crippen LogP) is 3.82. The molecule has 2 aromatic heterocycles. The molecule has 0 unspecified atom stereocenters. The fourth-order valence-corrected chi connectivity index (χ4v) is 3.41. The summed E-state index contributed by atoms with van der Waals surface area (Å²) in [5, 5.41) is 4.13. The molecule has 5 rings (SSSR count). The van der Waals surface area contributed by atoms with Crippen molar-refractivity contribution in [2.45, 2.75) is 13.0 Å². The highest BCUT2D eigenvalue weighted by atomic mass is 19.1. The molecule has 7 heteroatoms. The largest absolute Gasteiger partial charge is 0.443 e. The third-order valence-electron chi connectivity index (χ3n) is 4.81. The van der Waals surface area contributed by atoms with Crippen LogP contribution in [0.15, 0.2) is 57.8 Å². The number of benzene rings is 2. The van der Waals surface area contributed by atoms with Gasteiger partial charge in [-0.3, -0.25) is 4.79 Å². The summed E-state index contributed by atoms with van der Waals surface area (Å²) in [5.41, 5.74) is 4.34. The van der Waals surface area contributed by atoms with E-state index in [1.54, 1.807) is 35.2 Å². The van der Waals surface area contributed by atoms with E-state index >= 15 is 0 Å². The van der Waals surface area contributed by atoms with Crippen molar-refractivity contribution in [3.63, 3.8) is 0 Å². The molecule has 0 spiro atoms. The number of halogens is 1. The molecule has 134 valence electrons. The maximum atomic E-state index is 13.1. The average Bonchev–Trinajstić information content (AvgIpc) is 3.33. The fraction of sp³-hybridized carbons (Fsp3) is 0.150. The molecule has 0 N–H and O–H groups in total. The van der Waals surface area contributed by atoms with Crippen LogP contribution >= 0.6 is 0 Å². The van der Waals surface area contributed by atoms with E-state index in [0.717, 1.165) is 16.8 Å². The van der Waals surface area contributed by atoms with Gasteiger partial charge in [0.25, 0.3) is 5.91 Å². The van der Waals surface area contributed by atoms with Gasteiger partial charge in [-0.1, -0.05) is 5.16 Å². The lowest BCUT2D eigenvalue weighted by atomic mass is 10.00. The van der Waals surface area contributed by atoms with Crippen LogP contribution in [0.25, 0.3) is 22.4 Å². The van der Waals surface area contributed by atoms with Crippen molar-refractivity contribution in [2.24, 2.45) is 0 Å². The number of amides is 1. The quantitative estimate of drug-likeness (QED) is 0.541. The summed E-state index contributed by atoms with van der Waals surface area (Å²) in [6.45, 7) is 0.924. The van der Waals surface area contributed by atoms with Crippen LogP contribution in [-0.2, 0) is 13.0 Å². The van der Waals surface area contributed by atoms with Gasteiger partial charge in [-0.25, -0.2) is 9.37 Å². The third-order valence-corrected chi connectivity index (χ3v) is 4.81. The van der Waals surface area contributed by atoms with Crippen molar-refractivity contribution in [1.82, 2.24) is 15.0 Å². The van der Waals surface area contributed by atoms with Gasteiger partial charge in [-0.2, -0.15) is 0 Å². The van der Waals surface area contributed by atoms with Gasteiger partial charge in [0.05, 0.1) is 6.54 Å². The summed E-state index contributed by atoms with van der Waals surface area (Å²) in [6.07, 6.45) is 1.99. The van der Waals surface area contributed by atoms with Crippen LogP contribution in [-0.4, -0.2) is 27.5 Å². The zero-order valence-corrected chi connectivity index (χ0v) is 14.2. The molecule has 0 saturated carbocycles. The number of rotatable bonds is 2. The molecule has 6 nitrogen and oxygen atoms in total. The lowest BCUT2D eigenvalue weighted by Crippen LogP contribution is -2.35. The molecule has 0 fully saturated rings. The molecular weight excluding hydrogens is 349 g/mol. The van der Waals surface area contributed by atoms with Crippen LogP contribution < -0.4 is 0 Å². The number of carbonyl (C=O) groups is 1. The average molecular weight is 363 g/mol. The second-order valence-corrected chi connectivity index (χ2v) is 6.46. The Morgan fingerprint density at radius 3 is 2.85 bits per heavy atom. The Morgan fingerprint density at radius 2 is 2.00 bits per heavy atom. The number of nitrogens with zero attached hydrogens (tertiary/aromatic N) is 3. The Labute approximate surface area is 153 Å². The van der Waals surface area contributed by atoms with Gasteiger partial charge in [0.1, 0.15) is 17.0 Å². The standard InChI is InChI=1S/C20H14FN3O3/c21-14-4-1-12(2-5-14)19-15-7-8-24(10-17(15)23-27-19)20(25)13-3-6-18-16(9-13)22-11-26-18/h1-6,9,11H,7-8,10H2. The Hall–Kier alpha value is -3.48. The Kier molecular flexibility index (Phi) is 3.53. The fourth-order valence-electron chi connectivity index (χ4n) is 3.41. The monoisotopic (exact) mass is 363 g/mol. The highest BCUT2D eigenvalue weighted by Gasteiger charge is 2.28. The summed E-state index contributed by atoms with van der Waals surface area (Å²) < 4.78 is 23.9. The molecular formula is C20H14FN3O3. The van der Waals surface area contributed by atoms with E-state index < -0.39 is 0 Å². The molecule has 1 aliphatic rings. The first kappa shape index (κ1) is 15.7. The van der Waals surface area contributed by atoms with E-state index in [4.69, 9.17) is 8.94 Å². The van der Waals surface area contributed by atoms with Crippen molar-refractivity contribution in [2.75, 3.05) is 6.54 Å². The zero-order chi connectivity index (χ0) is 18.4. The second-order valence-electron chi connectivity index (χ2n) is 6.46. The highest BCUT2D eigenvalue weighted by molar-refractivity contribution is 5.97. The summed E-state index contributed by atoms with van der Waals surface area (Å²) in [6, 6.07) is 11.3. The van der Waals surface area contributed by atoms with Crippen molar-refractivity contribution in [3.8, 4) is 11.3 Å². The van der Waals surface area contributed by atoms with Crippen LogP contribution in [0.1, 0.15) is 21.6 Å². The topological polar surface area (TPSA) is 72.4 Å². The van der Waals surface area contributed by atoms with Crippen LogP contribution in [0.2, 0.25) is 0 Å². The third kappa shape index (κ3) is 2.68. The Morgan fingerprint density at radius 1 is 1.15 bits per heavy atom. The van der Waals surface area contributed by atoms with Crippen molar-refractivity contribution >= 4 is 17.0 Å². The summed E-state index contributed by atoms with van der Waals surface area (Å²) in [7, 11) is 0. The van der Waals surface area contributed by atoms with Gasteiger partial charge in [0, 0.05) is 23.2 Å². The molecule has 2 aromatic carbocycles. The lowest BCUT2D eigenvalue weighted by molar-refractivity contribution is 0.0731. The van der Waals surface area contributed by atoms with E-state index in [1.165, 1.54) is 18.5 Å². The van der Waals surface area contributed by atoms with Crippen molar-refractivity contribution < 1.29 is 18.1 Å². The molecule has 27 heavy (non-hydrogen) atoms. The molecule has 1 aliphatic heterocycles. The van der Waals surface area contributed by atoms with Gasteiger partial charge in [-0.05, 0) is 48.9 Å². The molecule has 0 saturated heterocycles. The number of oxazole rings is 1. The summed E-state index contributed by atoms with van der Waals surface area (Å²) in [4.78, 5) is 18.7. The van der Waals surface area contributed by atoms with Crippen LogP contribution in [0.5, 0.6) is 0 Å². The van der Waals surface area contributed by atoms with Gasteiger partial charge < -0.3 is 13.8 Å². The maximum absolute atomic E-state index is 13.1. The lowest BCUT2D eigenvalue weighted by Gasteiger charge is -2.26. The first-order chi connectivity index (χ1) is 13.2. The Bertz CT molecular complexity index is 1150. The van der Waals surface area contributed by atoms with Crippen LogP contribution in [0.4, 0.5) is 4.39 Å². The molecule has 0 aliphatic carbocycles. The first-order valence-electron chi connectivity index (χ1n) is 8.55. The molecule has 0 bridgehead atoms. The molecule has 1 amide bonds. The maximum Gasteiger partial charge on any atom is 0.254 e. The molecule has 0 atom stereocenters. The minimum absolute atomic E-state index is 0.0862. The van der Waals surface area contributed by atoms with Gasteiger partial charge in [-0.15, -0.1) is 0 Å². The highest BCUT2D eigenvalue weighted by Crippen LogP contribution is 2.31. The summed E-state index contributed by atoms with van der Waals surface area (Å²) in [5.74, 6) is 0.256. The van der Waals surface area contributed by atoms with E-state index in [-0.39, 0.29) is 11.7 Å². The molecule has 3 heterocycles. The second kappa shape index (κ2) is 6.05. The number of hydrogen-bond donors (Lipinski definition) is 0. The van der Waals surface area contributed by atoms with E-state index in [0.29, 0.717) is 41.9 Å². The van der Waals surface area contributed by atoms with Crippen LogP contribution in [0, 0.1) is 5.82 Å². The molecule has 0 radical (unpaired) electrons. The van der Waals surface area contributed by atoms with E-state index in [9.17, 15) is 9.18 Å². The number of hydrogen-bond acceptors (Lipinski definition) is 5. The van der Waals surface area contributed by atoms with Gasteiger partial charge >= 0.3 is 0 Å². The first-order valence-corrected chi connectivity index (χ1v) is 8.55. The smallest absolute Gasteiger partial charge is 0.254 e. The van der Waals surface area contributed by atoms with Gasteiger partial charge in [0.15, 0.2) is 17.7 Å². The SMILES string of the molecule is O=C(c1ccc2ocnc2c1)N1CCc2c(noc2-c2ccc(F)cc2)C1. The molecule has 4 aromatic rings. The number of aromatic nitrogens is 2.